The van der Waals surface area contributed by atoms with E-state index in [1.807, 2.05) is 49.5 Å². The van der Waals surface area contributed by atoms with Crippen molar-refractivity contribution in [2.24, 2.45) is 0 Å². The minimum atomic E-state index is 0.608. The lowest BCUT2D eigenvalue weighted by atomic mass is 10.1. The Hall–Kier alpha value is -4.92. The zero-order valence-electron chi connectivity index (χ0n) is 18.9. The summed E-state index contributed by atoms with van der Waals surface area (Å²) in [5.41, 5.74) is 7.67. The first-order chi connectivity index (χ1) is 17.2. The molecule has 9 nitrogen and oxygen atoms in total. The molecule has 6 aromatic rings. The minimum Gasteiger partial charge on any atom is -0.344 e. The number of rotatable bonds is 6. The molecular formula is C26H21N9. The molecule has 0 amide bonds. The summed E-state index contributed by atoms with van der Waals surface area (Å²) < 4.78 is 0. The maximum atomic E-state index is 4.73. The minimum absolute atomic E-state index is 0.608. The van der Waals surface area contributed by atoms with Crippen LogP contribution in [0.3, 0.4) is 0 Å². The van der Waals surface area contributed by atoms with Gasteiger partial charge in [0.2, 0.25) is 0 Å². The van der Waals surface area contributed by atoms with Crippen molar-refractivity contribution in [2.45, 2.75) is 13.3 Å². The van der Waals surface area contributed by atoms with Gasteiger partial charge in [-0.05, 0) is 48.4 Å². The molecule has 0 atom stereocenters. The number of hydrogen-bond acceptors (Lipinski definition) is 7. The van der Waals surface area contributed by atoms with Gasteiger partial charge in [0.15, 0.2) is 17.1 Å². The van der Waals surface area contributed by atoms with Gasteiger partial charge in [-0.15, -0.1) is 0 Å². The second kappa shape index (κ2) is 8.45. The molecule has 35 heavy (non-hydrogen) atoms. The first-order valence-corrected chi connectivity index (χ1v) is 11.2. The molecule has 0 fully saturated rings. The van der Waals surface area contributed by atoms with Crippen molar-refractivity contribution < 1.29 is 0 Å². The average Bonchev–Trinajstić information content (AvgIpc) is 3.53. The van der Waals surface area contributed by atoms with Gasteiger partial charge in [-0.2, -0.15) is 5.10 Å². The van der Waals surface area contributed by atoms with Crippen LogP contribution in [0.5, 0.6) is 0 Å². The first kappa shape index (κ1) is 20.7. The second-order valence-electron chi connectivity index (χ2n) is 8.09. The highest BCUT2D eigenvalue weighted by Gasteiger charge is 2.16. The van der Waals surface area contributed by atoms with E-state index in [2.05, 4.69) is 47.0 Å². The number of hydrogen-bond donors (Lipinski definition) is 3. The van der Waals surface area contributed by atoms with Crippen LogP contribution in [0.15, 0.2) is 79.7 Å². The van der Waals surface area contributed by atoms with Crippen molar-refractivity contribution >= 4 is 28.0 Å². The third kappa shape index (κ3) is 3.78. The summed E-state index contributed by atoms with van der Waals surface area (Å²) in [4.78, 5) is 25.8. The Balaban J connectivity index is 1.40. The Morgan fingerprint density at radius 1 is 0.914 bits per heavy atom. The van der Waals surface area contributed by atoms with Crippen molar-refractivity contribution in [1.29, 1.82) is 0 Å². The first-order valence-electron chi connectivity index (χ1n) is 11.2. The Bertz CT molecular complexity index is 1660. The Morgan fingerprint density at radius 3 is 2.57 bits per heavy atom. The second-order valence-corrected chi connectivity index (χ2v) is 8.09. The van der Waals surface area contributed by atoms with E-state index in [1.54, 1.807) is 24.8 Å². The van der Waals surface area contributed by atoms with E-state index in [-0.39, 0.29) is 0 Å². The van der Waals surface area contributed by atoms with Gasteiger partial charge in [0.25, 0.3) is 0 Å². The molecule has 0 saturated carbocycles. The fourth-order valence-electron chi connectivity index (χ4n) is 3.95. The topological polar surface area (TPSA) is 121 Å². The van der Waals surface area contributed by atoms with Gasteiger partial charge in [0, 0.05) is 53.4 Å². The molecule has 0 saturated heterocycles. The van der Waals surface area contributed by atoms with Gasteiger partial charge in [-0.3, -0.25) is 10.1 Å². The van der Waals surface area contributed by atoms with Crippen molar-refractivity contribution in [3.05, 3.63) is 79.7 Å². The predicted octanol–water partition coefficient (Wildman–Crippen LogP) is 5.36. The van der Waals surface area contributed by atoms with E-state index in [4.69, 9.17) is 4.98 Å². The number of anilines is 1. The predicted molar refractivity (Wildman–Crippen MR) is 136 cm³/mol. The van der Waals surface area contributed by atoms with Crippen LogP contribution in [0.4, 0.5) is 5.82 Å². The van der Waals surface area contributed by atoms with Gasteiger partial charge in [0.05, 0.1) is 10.9 Å². The molecule has 6 rings (SSSR count). The Morgan fingerprint density at radius 2 is 1.77 bits per heavy atom. The number of fused-ring (bicyclic) bond motifs is 2. The number of aromatic nitrogens is 8. The highest BCUT2D eigenvalue weighted by molar-refractivity contribution is 5.96. The average molecular weight is 460 g/mol. The molecule has 0 unspecified atom stereocenters. The SMILES string of the molecule is C=C(CC)Nc1ccc(-c2cnc3n[nH]c(-c4nc5nccc(-c6ccncc6)c5[nH]4)c3c2)cn1. The van der Waals surface area contributed by atoms with Gasteiger partial charge in [0.1, 0.15) is 11.5 Å². The van der Waals surface area contributed by atoms with Crippen molar-refractivity contribution in [3.8, 4) is 33.8 Å². The van der Waals surface area contributed by atoms with Crippen LogP contribution >= 0.6 is 0 Å². The molecule has 0 spiro atoms. The maximum Gasteiger partial charge on any atom is 0.181 e. The van der Waals surface area contributed by atoms with Crippen molar-refractivity contribution in [2.75, 3.05) is 5.32 Å². The van der Waals surface area contributed by atoms with Gasteiger partial charge >= 0.3 is 0 Å². The van der Waals surface area contributed by atoms with Gasteiger partial charge < -0.3 is 10.3 Å². The zero-order chi connectivity index (χ0) is 23.8. The summed E-state index contributed by atoms with van der Waals surface area (Å²) >= 11 is 0. The summed E-state index contributed by atoms with van der Waals surface area (Å²) in [6, 6.07) is 11.9. The molecule has 0 radical (unpaired) electrons. The normalized spacial score (nSPS) is 11.2. The van der Waals surface area contributed by atoms with Crippen molar-refractivity contribution in [3.63, 3.8) is 0 Å². The summed E-state index contributed by atoms with van der Waals surface area (Å²) in [6.45, 7) is 6.01. The molecule has 6 heterocycles. The summed E-state index contributed by atoms with van der Waals surface area (Å²) in [7, 11) is 0. The maximum absolute atomic E-state index is 4.73. The van der Waals surface area contributed by atoms with E-state index < -0.39 is 0 Å². The molecule has 170 valence electrons. The molecule has 0 aliphatic carbocycles. The van der Waals surface area contributed by atoms with E-state index in [9.17, 15) is 0 Å². The number of aromatic amines is 2. The Kier molecular flexibility index (Phi) is 4.99. The number of imidazole rings is 1. The molecule has 6 aromatic heterocycles. The largest absolute Gasteiger partial charge is 0.344 e. The highest BCUT2D eigenvalue weighted by Crippen LogP contribution is 2.31. The fraction of sp³-hybridized carbons (Fsp3) is 0.0769. The quantitative estimate of drug-likeness (QED) is 0.307. The van der Waals surface area contributed by atoms with E-state index in [0.717, 1.165) is 56.8 Å². The van der Waals surface area contributed by atoms with Crippen molar-refractivity contribution in [1.82, 2.24) is 40.1 Å². The lowest BCUT2D eigenvalue weighted by Gasteiger charge is -2.07. The van der Waals surface area contributed by atoms with Crippen LogP contribution in [0.25, 0.3) is 56.0 Å². The lowest BCUT2D eigenvalue weighted by Crippen LogP contribution is -1.98. The van der Waals surface area contributed by atoms with Crippen LogP contribution < -0.4 is 5.32 Å². The fourth-order valence-corrected chi connectivity index (χ4v) is 3.95. The van der Waals surface area contributed by atoms with Crippen LogP contribution in [0.2, 0.25) is 0 Å². The number of H-pyrrole nitrogens is 2. The van der Waals surface area contributed by atoms with Gasteiger partial charge in [-0.1, -0.05) is 13.5 Å². The Labute approximate surface area is 200 Å². The van der Waals surface area contributed by atoms with Crippen LogP contribution in [0.1, 0.15) is 13.3 Å². The molecule has 0 aliphatic heterocycles. The summed E-state index contributed by atoms with van der Waals surface area (Å²) in [5.74, 6) is 1.41. The van der Waals surface area contributed by atoms with Gasteiger partial charge in [-0.25, -0.2) is 19.9 Å². The molecule has 9 heteroatoms. The van der Waals surface area contributed by atoms with Crippen LogP contribution in [-0.2, 0) is 0 Å². The third-order valence-corrected chi connectivity index (χ3v) is 5.86. The number of nitrogens with one attached hydrogen (secondary N) is 3. The number of allylic oxidation sites excluding steroid dienone is 1. The van der Waals surface area contributed by atoms with E-state index in [0.29, 0.717) is 17.1 Å². The molecule has 0 aliphatic rings. The molecule has 3 N–H and O–H groups in total. The van der Waals surface area contributed by atoms with Crippen LogP contribution in [-0.4, -0.2) is 40.1 Å². The van der Waals surface area contributed by atoms with Crippen LogP contribution in [0, 0.1) is 0 Å². The summed E-state index contributed by atoms with van der Waals surface area (Å²) in [6.07, 6.45) is 9.76. The number of nitrogens with zero attached hydrogens (tertiary/aromatic N) is 6. The number of pyridine rings is 4. The molecule has 0 aromatic carbocycles. The van der Waals surface area contributed by atoms with E-state index >= 15 is 0 Å². The summed E-state index contributed by atoms with van der Waals surface area (Å²) in [5, 5.41) is 11.5. The molecular weight excluding hydrogens is 438 g/mol. The molecule has 0 bridgehead atoms. The third-order valence-electron chi connectivity index (χ3n) is 5.86. The monoisotopic (exact) mass is 459 g/mol. The van der Waals surface area contributed by atoms with E-state index in [1.165, 1.54) is 0 Å². The lowest BCUT2D eigenvalue weighted by molar-refractivity contribution is 1.09. The highest BCUT2D eigenvalue weighted by atomic mass is 15.2. The zero-order valence-corrected chi connectivity index (χ0v) is 18.9. The standard InChI is InChI=1S/C26H21N9/c1-3-15(2)31-21-5-4-17(13-29-21)18-12-20-23(34-35-24(20)30-14-18)26-32-22-19(8-11-28-25(22)33-26)16-6-9-27-10-7-16/h4-14H,2-3H2,1H3,(H,29,31)(H,28,32,33)(H,30,34,35). The smallest absolute Gasteiger partial charge is 0.181 e.